The zero-order valence-corrected chi connectivity index (χ0v) is 11.6. The highest BCUT2D eigenvalue weighted by atomic mass is 32.1. The van der Waals surface area contributed by atoms with E-state index < -0.39 is 0 Å². The second-order valence-corrected chi connectivity index (χ2v) is 5.67. The summed E-state index contributed by atoms with van der Waals surface area (Å²) in [5.74, 6) is -0.0500. The number of amides is 1. The van der Waals surface area contributed by atoms with E-state index in [4.69, 9.17) is 0 Å². The molecule has 0 bridgehead atoms. The summed E-state index contributed by atoms with van der Waals surface area (Å²) in [6, 6.07) is 5.74. The molecule has 18 heavy (non-hydrogen) atoms. The number of hydrogen-bond donors (Lipinski definition) is 1. The summed E-state index contributed by atoms with van der Waals surface area (Å²) < 4.78 is 0. The van der Waals surface area contributed by atoms with Gasteiger partial charge in [-0.25, -0.2) is 4.98 Å². The van der Waals surface area contributed by atoms with Crippen molar-refractivity contribution in [3.05, 3.63) is 51.0 Å². The quantitative estimate of drug-likeness (QED) is 0.921. The predicted molar refractivity (Wildman–Crippen MR) is 73.9 cm³/mol. The molecule has 1 N–H and O–H groups in total. The molecule has 0 fully saturated rings. The Bertz CT molecular complexity index is 575. The first kappa shape index (κ1) is 12.8. The standard InChI is InChI=1S/C14H16N2OS/c1-9-4-5-12(6-10(9)2)14(17)16-8-13-15-7-11(3)18-13/h4-7H,8H2,1-3H3,(H,16,17). The SMILES string of the molecule is Cc1cnc(CNC(=O)c2ccc(C)c(C)c2)s1. The van der Waals surface area contributed by atoms with Crippen LogP contribution in [0.15, 0.2) is 24.4 Å². The molecule has 1 heterocycles. The molecule has 3 nitrogen and oxygen atoms in total. The third-order valence-corrected chi connectivity index (χ3v) is 3.75. The summed E-state index contributed by atoms with van der Waals surface area (Å²) in [6.45, 7) is 6.54. The summed E-state index contributed by atoms with van der Waals surface area (Å²) in [5, 5.41) is 3.82. The van der Waals surface area contributed by atoms with E-state index in [1.165, 1.54) is 5.56 Å². The zero-order valence-electron chi connectivity index (χ0n) is 10.8. The summed E-state index contributed by atoms with van der Waals surface area (Å²) in [4.78, 5) is 17.3. The highest BCUT2D eigenvalue weighted by Crippen LogP contribution is 2.12. The van der Waals surface area contributed by atoms with Gasteiger partial charge in [0.05, 0.1) is 6.54 Å². The van der Waals surface area contributed by atoms with E-state index in [0.717, 1.165) is 15.4 Å². The Morgan fingerprint density at radius 3 is 2.67 bits per heavy atom. The molecule has 0 atom stereocenters. The summed E-state index contributed by atoms with van der Waals surface area (Å²) in [5.41, 5.74) is 3.03. The number of aryl methyl sites for hydroxylation is 3. The Morgan fingerprint density at radius 2 is 2.06 bits per heavy atom. The lowest BCUT2D eigenvalue weighted by atomic mass is 10.1. The van der Waals surface area contributed by atoms with Crippen LogP contribution in [0.1, 0.15) is 31.4 Å². The predicted octanol–water partition coefficient (Wildman–Crippen LogP) is 3.00. The third-order valence-electron chi connectivity index (χ3n) is 2.84. The van der Waals surface area contributed by atoms with Crippen LogP contribution in [0.4, 0.5) is 0 Å². The minimum absolute atomic E-state index is 0.0500. The third kappa shape index (κ3) is 2.96. The molecular formula is C14H16N2OS. The van der Waals surface area contributed by atoms with Gasteiger partial charge in [0, 0.05) is 16.6 Å². The van der Waals surface area contributed by atoms with E-state index in [1.54, 1.807) is 11.3 Å². The molecule has 0 aliphatic heterocycles. The topological polar surface area (TPSA) is 42.0 Å². The molecular weight excluding hydrogens is 244 g/mol. The van der Waals surface area contributed by atoms with Crippen molar-refractivity contribution in [2.45, 2.75) is 27.3 Å². The van der Waals surface area contributed by atoms with E-state index in [2.05, 4.69) is 10.3 Å². The van der Waals surface area contributed by atoms with Crippen molar-refractivity contribution in [3.63, 3.8) is 0 Å². The van der Waals surface area contributed by atoms with Gasteiger partial charge >= 0.3 is 0 Å². The van der Waals surface area contributed by atoms with Crippen molar-refractivity contribution in [1.82, 2.24) is 10.3 Å². The number of rotatable bonds is 3. The van der Waals surface area contributed by atoms with Crippen LogP contribution >= 0.6 is 11.3 Å². The van der Waals surface area contributed by atoms with Crippen LogP contribution in [0.25, 0.3) is 0 Å². The van der Waals surface area contributed by atoms with Gasteiger partial charge in [-0.1, -0.05) is 6.07 Å². The number of nitrogens with one attached hydrogen (secondary N) is 1. The van der Waals surface area contributed by atoms with Crippen LogP contribution in [-0.4, -0.2) is 10.9 Å². The second-order valence-electron chi connectivity index (χ2n) is 4.35. The molecule has 1 aromatic heterocycles. The van der Waals surface area contributed by atoms with E-state index in [0.29, 0.717) is 12.1 Å². The number of benzene rings is 1. The maximum absolute atomic E-state index is 12.0. The van der Waals surface area contributed by atoms with Gasteiger partial charge in [0.25, 0.3) is 5.91 Å². The van der Waals surface area contributed by atoms with Crippen LogP contribution < -0.4 is 5.32 Å². The zero-order chi connectivity index (χ0) is 13.1. The monoisotopic (exact) mass is 260 g/mol. The molecule has 0 saturated carbocycles. The lowest BCUT2D eigenvalue weighted by Crippen LogP contribution is -2.22. The van der Waals surface area contributed by atoms with Gasteiger partial charge in [0.15, 0.2) is 0 Å². The van der Waals surface area contributed by atoms with E-state index in [-0.39, 0.29) is 5.91 Å². The largest absolute Gasteiger partial charge is 0.346 e. The number of aromatic nitrogens is 1. The van der Waals surface area contributed by atoms with Crippen LogP contribution in [0.2, 0.25) is 0 Å². The van der Waals surface area contributed by atoms with E-state index in [1.807, 2.05) is 45.2 Å². The van der Waals surface area contributed by atoms with Gasteiger partial charge < -0.3 is 5.32 Å². The highest BCUT2D eigenvalue weighted by Gasteiger charge is 2.07. The van der Waals surface area contributed by atoms with Gasteiger partial charge in [0.2, 0.25) is 0 Å². The lowest BCUT2D eigenvalue weighted by molar-refractivity contribution is 0.0951. The second kappa shape index (κ2) is 5.31. The van der Waals surface area contributed by atoms with Gasteiger partial charge in [-0.05, 0) is 44.0 Å². The summed E-state index contributed by atoms with van der Waals surface area (Å²) in [6.07, 6.45) is 1.82. The maximum atomic E-state index is 12.0. The first-order valence-corrected chi connectivity index (χ1v) is 6.64. The fraction of sp³-hybridized carbons (Fsp3) is 0.286. The van der Waals surface area contributed by atoms with E-state index >= 15 is 0 Å². The normalized spacial score (nSPS) is 10.4. The maximum Gasteiger partial charge on any atom is 0.251 e. The minimum Gasteiger partial charge on any atom is -0.346 e. The van der Waals surface area contributed by atoms with Crippen molar-refractivity contribution in [2.24, 2.45) is 0 Å². The minimum atomic E-state index is -0.0500. The molecule has 94 valence electrons. The Balaban J connectivity index is 2.01. The highest BCUT2D eigenvalue weighted by molar-refractivity contribution is 7.11. The van der Waals surface area contributed by atoms with Crippen molar-refractivity contribution in [3.8, 4) is 0 Å². The molecule has 0 saturated heterocycles. The van der Waals surface area contributed by atoms with Gasteiger partial charge in [0.1, 0.15) is 5.01 Å². The Hall–Kier alpha value is -1.68. The molecule has 0 aliphatic rings. The van der Waals surface area contributed by atoms with Crippen LogP contribution in [0.5, 0.6) is 0 Å². The van der Waals surface area contributed by atoms with Crippen LogP contribution in [0.3, 0.4) is 0 Å². The lowest BCUT2D eigenvalue weighted by Gasteiger charge is -2.05. The van der Waals surface area contributed by atoms with Gasteiger partial charge in [-0.3, -0.25) is 4.79 Å². The molecule has 0 unspecified atom stereocenters. The average Bonchev–Trinajstić information content (AvgIpc) is 2.75. The van der Waals surface area contributed by atoms with Crippen molar-refractivity contribution >= 4 is 17.2 Å². The van der Waals surface area contributed by atoms with Gasteiger partial charge in [-0.15, -0.1) is 11.3 Å². The van der Waals surface area contributed by atoms with Crippen molar-refractivity contribution in [1.29, 1.82) is 0 Å². The summed E-state index contributed by atoms with van der Waals surface area (Å²) >= 11 is 1.60. The first-order chi connectivity index (χ1) is 8.56. The number of thiazole rings is 1. The molecule has 1 aromatic carbocycles. The summed E-state index contributed by atoms with van der Waals surface area (Å²) in [7, 11) is 0. The number of carbonyl (C=O) groups is 1. The van der Waals surface area contributed by atoms with Crippen molar-refractivity contribution in [2.75, 3.05) is 0 Å². The van der Waals surface area contributed by atoms with Crippen molar-refractivity contribution < 1.29 is 4.79 Å². The fourth-order valence-corrected chi connectivity index (χ4v) is 2.35. The molecule has 0 aliphatic carbocycles. The molecule has 0 spiro atoms. The van der Waals surface area contributed by atoms with Gasteiger partial charge in [-0.2, -0.15) is 0 Å². The number of hydrogen-bond acceptors (Lipinski definition) is 3. The first-order valence-electron chi connectivity index (χ1n) is 5.83. The van der Waals surface area contributed by atoms with E-state index in [9.17, 15) is 4.79 Å². The fourth-order valence-electron chi connectivity index (χ4n) is 1.62. The van der Waals surface area contributed by atoms with Crippen LogP contribution in [0, 0.1) is 20.8 Å². The molecule has 0 radical (unpaired) electrons. The number of nitrogens with zero attached hydrogens (tertiary/aromatic N) is 1. The van der Waals surface area contributed by atoms with Crippen LogP contribution in [-0.2, 0) is 6.54 Å². The Labute approximate surface area is 111 Å². The average molecular weight is 260 g/mol. The Morgan fingerprint density at radius 1 is 1.28 bits per heavy atom. The molecule has 4 heteroatoms. The Kier molecular flexibility index (Phi) is 3.77. The molecule has 2 rings (SSSR count). The molecule has 2 aromatic rings. The smallest absolute Gasteiger partial charge is 0.251 e. The molecule has 1 amide bonds. The number of carbonyl (C=O) groups excluding carboxylic acids is 1.